The van der Waals surface area contributed by atoms with Gasteiger partial charge in [0.05, 0.1) is 0 Å². The fourth-order valence-corrected chi connectivity index (χ4v) is 2.60. The smallest absolute Gasteiger partial charge is 0.0484 e. The number of hydrogen-bond acceptors (Lipinski definition) is 3. The molecule has 1 aromatic carbocycles. The molecular weight excluding hydrogens is 224 g/mol. The molecular formula is C15H24N2O. The molecule has 1 aliphatic rings. The van der Waals surface area contributed by atoms with Crippen molar-refractivity contribution in [1.29, 1.82) is 0 Å². The van der Waals surface area contributed by atoms with Crippen LogP contribution in [-0.2, 0) is 4.74 Å². The van der Waals surface area contributed by atoms with Crippen LogP contribution in [0.2, 0.25) is 0 Å². The monoisotopic (exact) mass is 248 g/mol. The minimum atomic E-state index is -0.101. The molecule has 0 saturated carbocycles. The summed E-state index contributed by atoms with van der Waals surface area (Å²) in [6.45, 7) is 7.84. The summed E-state index contributed by atoms with van der Waals surface area (Å²) in [5, 5.41) is 0. The molecule has 0 bridgehead atoms. The van der Waals surface area contributed by atoms with E-state index in [4.69, 9.17) is 10.5 Å². The van der Waals surface area contributed by atoms with Gasteiger partial charge in [0.2, 0.25) is 0 Å². The molecule has 1 aromatic rings. The van der Waals surface area contributed by atoms with E-state index < -0.39 is 0 Å². The minimum Gasteiger partial charge on any atom is -0.381 e. The summed E-state index contributed by atoms with van der Waals surface area (Å²) < 4.78 is 5.41. The van der Waals surface area contributed by atoms with Gasteiger partial charge in [-0.3, -0.25) is 0 Å². The quantitative estimate of drug-likeness (QED) is 0.888. The van der Waals surface area contributed by atoms with Crippen LogP contribution in [-0.4, -0.2) is 31.8 Å². The Morgan fingerprint density at radius 1 is 1.28 bits per heavy atom. The summed E-state index contributed by atoms with van der Waals surface area (Å²) in [5.74, 6) is 0. The normalized spacial score (nSPS) is 18.6. The summed E-state index contributed by atoms with van der Waals surface area (Å²) in [7, 11) is 0. The fraction of sp³-hybridized carbons (Fsp3) is 0.600. The number of benzene rings is 1. The average molecular weight is 248 g/mol. The largest absolute Gasteiger partial charge is 0.381 e. The van der Waals surface area contributed by atoms with Gasteiger partial charge >= 0.3 is 0 Å². The molecule has 3 heteroatoms. The van der Waals surface area contributed by atoms with Crippen molar-refractivity contribution in [3.8, 4) is 0 Å². The molecule has 2 N–H and O–H groups in total. The van der Waals surface area contributed by atoms with E-state index in [0.29, 0.717) is 0 Å². The van der Waals surface area contributed by atoms with E-state index in [2.05, 4.69) is 43.0 Å². The molecule has 0 spiro atoms. The van der Waals surface area contributed by atoms with Crippen molar-refractivity contribution < 1.29 is 4.74 Å². The fourth-order valence-electron chi connectivity index (χ4n) is 2.60. The molecule has 1 saturated heterocycles. The predicted molar refractivity (Wildman–Crippen MR) is 76.0 cm³/mol. The Morgan fingerprint density at radius 3 is 2.56 bits per heavy atom. The van der Waals surface area contributed by atoms with E-state index in [-0.39, 0.29) is 5.54 Å². The SMILES string of the molecule is CCN(CC1(N)CCOCC1)c1ccccc1C. The zero-order chi connectivity index (χ0) is 13.0. The molecule has 0 atom stereocenters. The number of hydrogen-bond donors (Lipinski definition) is 1. The van der Waals surface area contributed by atoms with Gasteiger partial charge < -0.3 is 15.4 Å². The number of likely N-dealkylation sites (N-methyl/N-ethyl adjacent to an activating group) is 1. The molecule has 1 fully saturated rings. The van der Waals surface area contributed by atoms with Gasteiger partial charge in [-0.1, -0.05) is 18.2 Å². The number of ether oxygens (including phenoxy) is 1. The van der Waals surface area contributed by atoms with Crippen molar-refractivity contribution in [1.82, 2.24) is 0 Å². The van der Waals surface area contributed by atoms with Crippen molar-refractivity contribution in [2.45, 2.75) is 32.2 Å². The zero-order valence-electron chi connectivity index (χ0n) is 11.5. The Kier molecular flexibility index (Phi) is 4.25. The molecule has 100 valence electrons. The highest BCUT2D eigenvalue weighted by atomic mass is 16.5. The van der Waals surface area contributed by atoms with Gasteiger partial charge in [-0.25, -0.2) is 0 Å². The molecule has 1 aliphatic heterocycles. The maximum absolute atomic E-state index is 6.50. The Balaban J connectivity index is 2.12. The number of nitrogens with two attached hydrogens (primary N) is 1. The summed E-state index contributed by atoms with van der Waals surface area (Å²) in [6, 6.07) is 8.52. The molecule has 1 heterocycles. The predicted octanol–water partition coefficient (Wildman–Crippen LogP) is 2.33. The Bertz CT molecular complexity index is 386. The van der Waals surface area contributed by atoms with Crippen LogP contribution in [0.3, 0.4) is 0 Å². The van der Waals surface area contributed by atoms with Crippen molar-refractivity contribution >= 4 is 5.69 Å². The maximum Gasteiger partial charge on any atom is 0.0484 e. The van der Waals surface area contributed by atoms with Gasteiger partial charge in [-0.15, -0.1) is 0 Å². The van der Waals surface area contributed by atoms with E-state index >= 15 is 0 Å². The molecule has 0 radical (unpaired) electrons. The summed E-state index contributed by atoms with van der Waals surface area (Å²) in [6.07, 6.45) is 1.91. The van der Waals surface area contributed by atoms with Crippen LogP contribution in [0, 0.1) is 6.92 Å². The van der Waals surface area contributed by atoms with E-state index in [0.717, 1.165) is 39.1 Å². The Morgan fingerprint density at radius 2 is 1.94 bits per heavy atom. The summed E-state index contributed by atoms with van der Waals surface area (Å²) in [4.78, 5) is 2.39. The lowest BCUT2D eigenvalue weighted by molar-refractivity contribution is 0.0555. The lowest BCUT2D eigenvalue weighted by Gasteiger charge is -2.39. The van der Waals surface area contributed by atoms with Crippen molar-refractivity contribution in [3.63, 3.8) is 0 Å². The van der Waals surface area contributed by atoms with E-state index in [1.807, 2.05) is 0 Å². The molecule has 0 aliphatic carbocycles. The van der Waals surface area contributed by atoms with Gasteiger partial charge in [0.15, 0.2) is 0 Å². The number of aryl methyl sites for hydroxylation is 1. The highest BCUT2D eigenvalue weighted by molar-refractivity contribution is 5.53. The average Bonchev–Trinajstić information content (AvgIpc) is 2.38. The number of rotatable bonds is 4. The van der Waals surface area contributed by atoms with Gasteiger partial charge in [0.25, 0.3) is 0 Å². The highest BCUT2D eigenvalue weighted by Crippen LogP contribution is 2.25. The summed E-state index contributed by atoms with van der Waals surface area (Å²) >= 11 is 0. The van der Waals surface area contributed by atoms with Crippen LogP contribution in [0.15, 0.2) is 24.3 Å². The third-order valence-electron chi connectivity index (χ3n) is 3.83. The number of anilines is 1. The van der Waals surface area contributed by atoms with Gasteiger partial charge in [-0.2, -0.15) is 0 Å². The molecule has 3 nitrogen and oxygen atoms in total. The second kappa shape index (κ2) is 5.72. The first-order valence-electron chi connectivity index (χ1n) is 6.82. The standard InChI is InChI=1S/C15H24N2O/c1-3-17(14-7-5-4-6-13(14)2)12-15(16)8-10-18-11-9-15/h4-7H,3,8-12,16H2,1-2H3. The molecule has 0 unspecified atom stereocenters. The molecule has 18 heavy (non-hydrogen) atoms. The Labute approximate surface area is 110 Å². The molecule has 0 amide bonds. The van der Waals surface area contributed by atoms with E-state index in [1.165, 1.54) is 11.3 Å². The van der Waals surface area contributed by atoms with Crippen LogP contribution in [0.25, 0.3) is 0 Å². The van der Waals surface area contributed by atoms with Crippen molar-refractivity contribution in [2.75, 3.05) is 31.2 Å². The minimum absolute atomic E-state index is 0.101. The second-order valence-electron chi connectivity index (χ2n) is 5.28. The first-order valence-corrected chi connectivity index (χ1v) is 6.82. The lowest BCUT2D eigenvalue weighted by Crippen LogP contribution is -2.53. The third-order valence-corrected chi connectivity index (χ3v) is 3.83. The third kappa shape index (κ3) is 3.03. The van der Waals surface area contributed by atoms with Crippen molar-refractivity contribution in [3.05, 3.63) is 29.8 Å². The topological polar surface area (TPSA) is 38.5 Å². The van der Waals surface area contributed by atoms with Gasteiger partial charge in [-0.05, 0) is 38.3 Å². The van der Waals surface area contributed by atoms with E-state index in [9.17, 15) is 0 Å². The zero-order valence-corrected chi connectivity index (χ0v) is 11.5. The van der Waals surface area contributed by atoms with Crippen LogP contribution >= 0.6 is 0 Å². The second-order valence-corrected chi connectivity index (χ2v) is 5.28. The number of para-hydroxylation sites is 1. The number of nitrogens with zero attached hydrogens (tertiary/aromatic N) is 1. The van der Waals surface area contributed by atoms with E-state index in [1.54, 1.807) is 0 Å². The molecule has 2 rings (SSSR count). The maximum atomic E-state index is 6.50. The summed E-state index contributed by atoms with van der Waals surface area (Å²) in [5.41, 5.74) is 9.02. The van der Waals surface area contributed by atoms with Crippen LogP contribution < -0.4 is 10.6 Å². The first-order chi connectivity index (χ1) is 8.64. The Hall–Kier alpha value is -1.06. The van der Waals surface area contributed by atoms with Crippen LogP contribution in [0.1, 0.15) is 25.3 Å². The van der Waals surface area contributed by atoms with Crippen LogP contribution in [0.5, 0.6) is 0 Å². The van der Waals surface area contributed by atoms with Gasteiger partial charge in [0.1, 0.15) is 0 Å². The first kappa shape index (κ1) is 13.4. The highest BCUT2D eigenvalue weighted by Gasteiger charge is 2.30. The van der Waals surface area contributed by atoms with Crippen molar-refractivity contribution in [2.24, 2.45) is 5.73 Å². The molecule has 0 aromatic heterocycles. The lowest BCUT2D eigenvalue weighted by atomic mass is 9.90. The van der Waals surface area contributed by atoms with Crippen LogP contribution in [0.4, 0.5) is 5.69 Å². The van der Waals surface area contributed by atoms with Gasteiger partial charge in [0, 0.05) is 37.5 Å².